The van der Waals surface area contributed by atoms with Crippen LogP contribution in [0.5, 0.6) is 0 Å². The molecule has 4 aromatic rings. The van der Waals surface area contributed by atoms with Crippen LogP contribution in [-0.2, 0) is 10.0 Å². The predicted molar refractivity (Wildman–Crippen MR) is 130 cm³/mol. The van der Waals surface area contributed by atoms with Gasteiger partial charge in [-0.05, 0) is 62.4 Å². The number of sulfonamides is 1. The van der Waals surface area contributed by atoms with E-state index in [0.717, 1.165) is 20.8 Å². The summed E-state index contributed by atoms with van der Waals surface area (Å²) in [5.41, 5.74) is 2.88. The van der Waals surface area contributed by atoms with Gasteiger partial charge in [0.05, 0.1) is 15.1 Å². The van der Waals surface area contributed by atoms with Gasteiger partial charge in [0.15, 0.2) is 0 Å². The van der Waals surface area contributed by atoms with E-state index in [1.165, 1.54) is 28.6 Å². The summed E-state index contributed by atoms with van der Waals surface area (Å²) in [6, 6.07) is 21.3. The first kappa shape index (κ1) is 22.1. The number of nitrogens with zero attached hydrogens (tertiary/aromatic N) is 2. The van der Waals surface area contributed by atoms with E-state index in [0.29, 0.717) is 11.3 Å². The Morgan fingerprint density at radius 1 is 1.00 bits per heavy atom. The smallest absolute Gasteiger partial charge is 0.255 e. The van der Waals surface area contributed by atoms with Crippen molar-refractivity contribution in [3.05, 3.63) is 78.4 Å². The van der Waals surface area contributed by atoms with Gasteiger partial charge in [0.1, 0.15) is 5.01 Å². The average Bonchev–Trinajstić information content (AvgIpc) is 3.23. The number of amides is 1. The molecule has 1 amide bonds. The van der Waals surface area contributed by atoms with Crippen LogP contribution in [0.1, 0.15) is 24.2 Å². The number of benzene rings is 3. The van der Waals surface area contributed by atoms with E-state index >= 15 is 0 Å². The van der Waals surface area contributed by atoms with Crippen LogP contribution in [-0.4, -0.2) is 36.7 Å². The van der Waals surface area contributed by atoms with Crippen LogP contribution in [0.4, 0.5) is 5.69 Å². The number of nitrogens with one attached hydrogen (secondary N) is 1. The lowest BCUT2D eigenvalue weighted by Crippen LogP contribution is -2.33. The van der Waals surface area contributed by atoms with Crippen molar-refractivity contribution in [3.63, 3.8) is 0 Å². The standard InChI is InChI=1S/C24H23N3O3S2/c1-16(2)27(3)32(29,30)20-13-11-17(12-14-20)23(28)25-19-8-6-7-18(15-19)24-26-21-9-4-5-10-22(21)31-24/h4-16H,1-3H3,(H,25,28). The monoisotopic (exact) mass is 465 g/mol. The molecule has 0 saturated carbocycles. The fourth-order valence-electron chi connectivity index (χ4n) is 3.15. The Morgan fingerprint density at radius 2 is 1.72 bits per heavy atom. The summed E-state index contributed by atoms with van der Waals surface area (Å²) in [6.07, 6.45) is 0. The van der Waals surface area contributed by atoms with Gasteiger partial charge in [-0.1, -0.05) is 24.3 Å². The van der Waals surface area contributed by atoms with Crippen LogP contribution >= 0.6 is 11.3 Å². The summed E-state index contributed by atoms with van der Waals surface area (Å²) >= 11 is 1.60. The molecule has 1 aromatic heterocycles. The number of para-hydroxylation sites is 1. The van der Waals surface area contributed by atoms with Gasteiger partial charge < -0.3 is 5.32 Å². The van der Waals surface area contributed by atoms with E-state index in [1.54, 1.807) is 18.4 Å². The van der Waals surface area contributed by atoms with Crippen molar-refractivity contribution < 1.29 is 13.2 Å². The van der Waals surface area contributed by atoms with Gasteiger partial charge >= 0.3 is 0 Å². The van der Waals surface area contributed by atoms with Crippen LogP contribution < -0.4 is 5.32 Å². The zero-order valence-corrected chi connectivity index (χ0v) is 19.6. The topological polar surface area (TPSA) is 79.4 Å². The largest absolute Gasteiger partial charge is 0.322 e. The number of fused-ring (bicyclic) bond motifs is 1. The molecular weight excluding hydrogens is 442 g/mol. The lowest BCUT2D eigenvalue weighted by molar-refractivity contribution is 0.102. The number of anilines is 1. The Bertz CT molecular complexity index is 1340. The number of carbonyl (C=O) groups is 1. The minimum Gasteiger partial charge on any atom is -0.322 e. The third kappa shape index (κ3) is 4.43. The molecule has 1 N–H and O–H groups in total. The van der Waals surface area contributed by atoms with Gasteiger partial charge in [-0.15, -0.1) is 11.3 Å². The Kier molecular flexibility index (Phi) is 6.10. The number of carbonyl (C=O) groups excluding carboxylic acids is 1. The minimum atomic E-state index is -3.59. The van der Waals surface area contributed by atoms with Gasteiger partial charge in [-0.3, -0.25) is 4.79 Å². The van der Waals surface area contributed by atoms with Crippen molar-refractivity contribution in [1.29, 1.82) is 0 Å². The highest BCUT2D eigenvalue weighted by Crippen LogP contribution is 2.31. The molecule has 164 valence electrons. The van der Waals surface area contributed by atoms with Crippen LogP contribution in [0.3, 0.4) is 0 Å². The van der Waals surface area contributed by atoms with Crippen molar-refractivity contribution in [2.75, 3.05) is 12.4 Å². The quantitative estimate of drug-likeness (QED) is 0.422. The minimum absolute atomic E-state index is 0.156. The van der Waals surface area contributed by atoms with E-state index in [2.05, 4.69) is 10.3 Å². The van der Waals surface area contributed by atoms with Crippen LogP contribution in [0.15, 0.2) is 77.7 Å². The summed E-state index contributed by atoms with van der Waals surface area (Å²) in [5, 5.41) is 3.76. The first-order valence-electron chi connectivity index (χ1n) is 10.1. The molecule has 0 bridgehead atoms. The molecule has 0 atom stereocenters. The number of thiazole rings is 1. The second-order valence-electron chi connectivity index (χ2n) is 7.66. The first-order valence-corrected chi connectivity index (χ1v) is 12.4. The normalized spacial score (nSPS) is 11.9. The Morgan fingerprint density at radius 3 is 2.41 bits per heavy atom. The van der Waals surface area contributed by atoms with Gasteiger partial charge in [-0.2, -0.15) is 4.31 Å². The second kappa shape index (κ2) is 8.82. The van der Waals surface area contributed by atoms with Crippen molar-refractivity contribution in [3.8, 4) is 10.6 Å². The van der Waals surface area contributed by atoms with E-state index in [4.69, 9.17) is 0 Å². The highest BCUT2D eigenvalue weighted by atomic mass is 32.2. The summed E-state index contributed by atoms with van der Waals surface area (Å²) < 4.78 is 27.6. The Balaban J connectivity index is 1.52. The Labute approximate surface area is 191 Å². The van der Waals surface area contributed by atoms with E-state index in [1.807, 2.05) is 62.4 Å². The Hall–Kier alpha value is -3.07. The highest BCUT2D eigenvalue weighted by molar-refractivity contribution is 7.89. The van der Waals surface area contributed by atoms with Crippen LogP contribution in [0.2, 0.25) is 0 Å². The number of hydrogen-bond acceptors (Lipinski definition) is 5. The molecule has 8 heteroatoms. The molecule has 0 unspecified atom stereocenters. The molecular formula is C24H23N3O3S2. The number of hydrogen-bond donors (Lipinski definition) is 1. The predicted octanol–water partition coefficient (Wildman–Crippen LogP) is 5.24. The van der Waals surface area contributed by atoms with Gasteiger partial charge in [0.25, 0.3) is 5.91 Å². The lowest BCUT2D eigenvalue weighted by Gasteiger charge is -2.21. The molecule has 0 aliphatic carbocycles. The van der Waals surface area contributed by atoms with Gasteiger partial charge in [0, 0.05) is 29.9 Å². The van der Waals surface area contributed by atoms with Crippen molar-refractivity contribution in [1.82, 2.24) is 9.29 Å². The zero-order chi connectivity index (χ0) is 22.9. The van der Waals surface area contributed by atoms with E-state index in [9.17, 15) is 13.2 Å². The van der Waals surface area contributed by atoms with Crippen molar-refractivity contribution in [2.45, 2.75) is 24.8 Å². The molecule has 0 radical (unpaired) electrons. The summed E-state index contributed by atoms with van der Waals surface area (Å²) in [6.45, 7) is 3.61. The van der Waals surface area contributed by atoms with Crippen LogP contribution in [0, 0.1) is 0 Å². The van der Waals surface area contributed by atoms with Crippen molar-refractivity contribution in [2.24, 2.45) is 0 Å². The maximum absolute atomic E-state index is 12.7. The fraction of sp³-hybridized carbons (Fsp3) is 0.167. The highest BCUT2D eigenvalue weighted by Gasteiger charge is 2.23. The molecule has 4 rings (SSSR count). The van der Waals surface area contributed by atoms with Crippen molar-refractivity contribution >= 4 is 43.2 Å². The van der Waals surface area contributed by atoms with E-state index < -0.39 is 10.0 Å². The SMILES string of the molecule is CC(C)N(C)S(=O)(=O)c1ccc(C(=O)Nc2cccc(-c3nc4ccccc4s3)c2)cc1. The number of rotatable bonds is 6. The molecule has 0 saturated heterocycles. The van der Waals surface area contributed by atoms with Gasteiger partial charge in [-0.25, -0.2) is 13.4 Å². The first-order chi connectivity index (χ1) is 15.3. The van der Waals surface area contributed by atoms with E-state index in [-0.39, 0.29) is 16.8 Å². The summed E-state index contributed by atoms with van der Waals surface area (Å²) in [7, 11) is -2.05. The third-order valence-corrected chi connectivity index (χ3v) is 8.32. The molecule has 6 nitrogen and oxygen atoms in total. The fourth-order valence-corrected chi connectivity index (χ4v) is 5.48. The maximum atomic E-state index is 12.7. The van der Waals surface area contributed by atoms with Gasteiger partial charge in [0.2, 0.25) is 10.0 Å². The molecule has 3 aromatic carbocycles. The third-order valence-electron chi connectivity index (χ3n) is 5.18. The average molecular weight is 466 g/mol. The molecule has 0 spiro atoms. The molecule has 0 fully saturated rings. The summed E-state index contributed by atoms with van der Waals surface area (Å²) in [4.78, 5) is 17.5. The lowest BCUT2D eigenvalue weighted by atomic mass is 10.2. The summed E-state index contributed by atoms with van der Waals surface area (Å²) in [5.74, 6) is -0.312. The molecule has 0 aliphatic rings. The molecule has 0 aliphatic heterocycles. The molecule has 32 heavy (non-hydrogen) atoms. The second-order valence-corrected chi connectivity index (χ2v) is 10.7. The van der Waals surface area contributed by atoms with Crippen LogP contribution in [0.25, 0.3) is 20.8 Å². The maximum Gasteiger partial charge on any atom is 0.255 e. The molecule has 1 heterocycles. The zero-order valence-electron chi connectivity index (χ0n) is 17.9. The number of aromatic nitrogens is 1.